The summed E-state index contributed by atoms with van der Waals surface area (Å²) < 4.78 is 3.03. The molecule has 0 spiro atoms. The molecule has 3 nitrogen and oxygen atoms in total. The monoisotopic (exact) mass is 305 g/mol. The predicted molar refractivity (Wildman–Crippen MR) is 75.9 cm³/mol. The van der Waals surface area contributed by atoms with E-state index in [2.05, 4.69) is 57.7 Å². The molecule has 0 bridgehead atoms. The molecule has 0 amide bonds. The van der Waals surface area contributed by atoms with E-state index in [4.69, 9.17) is 0 Å². The molecule has 1 aromatic carbocycles. The first-order valence-electron chi connectivity index (χ1n) is 6.26. The molecule has 0 aliphatic heterocycles. The average molecular weight is 306 g/mol. The van der Waals surface area contributed by atoms with Crippen molar-refractivity contribution in [2.75, 3.05) is 0 Å². The highest BCUT2D eigenvalue weighted by molar-refractivity contribution is 9.10. The Morgan fingerprint density at radius 2 is 2.28 bits per heavy atom. The number of nitrogens with one attached hydrogen (secondary N) is 1. The summed E-state index contributed by atoms with van der Waals surface area (Å²) in [6, 6.07) is 7.09. The second-order valence-electron chi connectivity index (χ2n) is 4.89. The largest absolute Gasteiger partial charge is 0.310 e. The van der Waals surface area contributed by atoms with Crippen LogP contribution < -0.4 is 5.32 Å². The van der Waals surface area contributed by atoms with Gasteiger partial charge in [0.25, 0.3) is 0 Å². The van der Waals surface area contributed by atoms with E-state index in [9.17, 15) is 0 Å². The first-order chi connectivity index (χ1) is 8.72. The van der Waals surface area contributed by atoms with Crippen LogP contribution in [0.5, 0.6) is 0 Å². The maximum absolute atomic E-state index is 4.40. The lowest BCUT2D eigenvalue weighted by molar-refractivity contribution is 0.681. The minimum atomic E-state index is 0.723. The highest BCUT2D eigenvalue weighted by Gasteiger charge is 2.20. The van der Waals surface area contributed by atoms with Crippen molar-refractivity contribution in [1.29, 1.82) is 0 Å². The van der Waals surface area contributed by atoms with Crippen molar-refractivity contribution in [1.82, 2.24) is 15.1 Å². The number of rotatable bonds is 4. The second-order valence-corrected chi connectivity index (χ2v) is 5.81. The Morgan fingerprint density at radius 3 is 2.94 bits per heavy atom. The molecule has 1 saturated carbocycles. The van der Waals surface area contributed by atoms with E-state index in [-0.39, 0.29) is 0 Å². The summed E-state index contributed by atoms with van der Waals surface area (Å²) in [5.41, 5.74) is 3.61. The Kier molecular flexibility index (Phi) is 3.22. The summed E-state index contributed by atoms with van der Waals surface area (Å²) >= 11 is 3.53. The third-order valence-electron chi connectivity index (χ3n) is 3.16. The van der Waals surface area contributed by atoms with Crippen LogP contribution in [0.15, 0.2) is 35.1 Å². The fourth-order valence-electron chi connectivity index (χ4n) is 1.99. The van der Waals surface area contributed by atoms with Crippen molar-refractivity contribution >= 4 is 15.9 Å². The van der Waals surface area contributed by atoms with Crippen LogP contribution in [0.25, 0.3) is 5.69 Å². The predicted octanol–water partition coefficient (Wildman–Crippen LogP) is 3.20. The number of aromatic nitrogens is 2. The van der Waals surface area contributed by atoms with Gasteiger partial charge in [-0.15, -0.1) is 0 Å². The Hall–Kier alpha value is -1.13. The molecule has 2 aromatic rings. The smallest absolute Gasteiger partial charge is 0.0701 e. The van der Waals surface area contributed by atoms with Crippen molar-refractivity contribution in [2.45, 2.75) is 32.4 Å². The molecule has 1 aliphatic carbocycles. The van der Waals surface area contributed by atoms with Crippen LogP contribution in [0, 0.1) is 6.92 Å². The number of halogens is 1. The van der Waals surface area contributed by atoms with Crippen LogP contribution in [0.3, 0.4) is 0 Å². The molecule has 1 aromatic heterocycles. The van der Waals surface area contributed by atoms with Gasteiger partial charge in [0.1, 0.15) is 0 Å². The number of hydrogen-bond donors (Lipinski definition) is 1. The van der Waals surface area contributed by atoms with Crippen LogP contribution in [0.2, 0.25) is 0 Å². The van der Waals surface area contributed by atoms with Gasteiger partial charge >= 0.3 is 0 Å². The molecule has 1 fully saturated rings. The third-order valence-corrected chi connectivity index (χ3v) is 3.66. The Balaban J connectivity index is 1.91. The molecule has 0 unspecified atom stereocenters. The van der Waals surface area contributed by atoms with Gasteiger partial charge in [-0.2, -0.15) is 5.10 Å². The number of nitrogens with zero attached hydrogens (tertiary/aromatic N) is 2. The van der Waals surface area contributed by atoms with Crippen LogP contribution in [0.1, 0.15) is 24.0 Å². The van der Waals surface area contributed by atoms with E-state index in [0.29, 0.717) is 0 Å². The number of aryl methyl sites for hydroxylation is 1. The van der Waals surface area contributed by atoms with Crippen molar-refractivity contribution in [2.24, 2.45) is 0 Å². The summed E-state index contributed by atoms with van der Waals surface area (Å²) in [6.07, 6.45) is 6.57. The molecule has 0 saturated heterocycles. The van der Waals surface area contributed by atoms with Crippen molar-refractivity contribution in [3.8, 4) is 5.69 Å². The molecular formula is C14H16BrN3. The second kappa shape index (κ2) is 4.86. The highest BCUT2D eigenvalue weighted by Crippen LogP contribution is 2.23. The Morgan fingerprint density at radius 1 is 1.44 bits per heavy atom. The topological polar surface area (TPSA) is 29.9 Å². The Bertz CT molecular complexity index is 558. The van der Waals surface area contributed by atoms with Gasteiger partial charge < -0.3 is 5.32 Å². The maximum Gasteiger partial charge on any atom is 0.0701 e. The summed E-state index contributed by atoms with van der Waals surface area (Å²) in [4.78, 5) is 0. The van der Waals surface area contributed by atoms with Gasteiger partial charge in [-0.1, -0.05) is 22.0 Å². The van der Waals surface area contributed by atoms with Crippen LogP contribution >= 0.6 is 15.9 Å². The SMILES string of the molecule is Cc1cnn(-c2cc(Br)ccc2CNC2CC2)c1. The lowest BCUT2D eigenvalue weighted by Crippen LogP contribution is -2.17. The molecule has 3 rings (SSSR count). The Labute approximate surface area is 115 Å². The summed E-state index contributed by atoms with van der Waals surface area (Å²) in [5.74, 6) is 0. The lowest BCUT2D eigenvalue weighted by Gasteiger charge is -2.11. The van der Waals surface area contributed by atoms with E-state index in [1.807, 2.05) is 10.9 Å². The lowest BCUT2D eigenvalue weighted by atomic mass is 10.1. The van der Waals surface area contributed by atoms with Gasteiger partial charge in [0, 0.05) is 23.3 Å². The number of hydrogen-bond acceptors (Lipinski definition) is 2. The van der Waals surface area contributed by atoms with E-state index in [0.717, 1.165) is 22.7 Å². The summed E-state index contributed by atoms with van der Waals surface area (Å²) in [5, 5.41) is 7.95. The zero-order valence-electron chi connectivity index (χ0n) is 10.4. The van der Waals surface area contributed by atoms with Crippen LogP contribution in [0.4, 0.5) is 0 Å². The summed E-state index contributed by atoms with van der Waals surface area (Å²) in [6.45, 7) is 2.97. The van der Waals surface area contributed by atoms with Gasteiger partial charge in [-0.3, -0.25) is 0 Å². The molecule has 18 heavy (non-hydrogen) atoms. The fourth-order valence-corrected chi connectivity index (χ4v) is 2.34. The molecule has 4 heteroatoms. The zero-order chi connectivity index (χ0) is 12.5. The molecular weight excluding hydrogens is 290 g/mol. The van der Waals surface area contributed by atoms with Crippen molar-refractivity contribution < 1.29 is 0 Å². The average Bonchev–Trinajstić information content (AvgIpc) is 3.09. The quantitative estimate of drug-likeness (QED) is 0.940. The van der Waals surface area contributed by atoms with E-state index in [1.165, 1.54) is 24.0 Å². The molecule has 0 atom stereocenters. The van der Waals surface area contributed by atoms with E-state index < -0.39 is 0 Å². The minimum Gasteiger partial charge on any atom is -0.310 e. The van der Waals surface area contributed by atoms with Gasteiger partial charge in [0.05, 0.1) is 11.9 Å². The molecule has 1 N–H and O–H groups in total. The zero-order valence-corrected chi connectivity index (χ0v) is 11.9. The molecule has 94 valence electrons. The van der Waals surface area contributed by atoms with Gasteiger partial charge in [0.15, 0.2) is 0 Å². The number of benzene rings is 1. The van der Waals surface area contributed by atoms with E-state index in [1.54, 1.807) is 0 Å². The van der Waals surface area contributed by atoms with E-state index >= 15 is 0 Å². The fraction of sp³-hybridized carbons (Fsp3) is 0.357. The third kappa shape index (κ3) is 2.65. The van der Waals surface area contributed by atoms with Crippen LogP contribution in [-0.2, 0) is 6.54 Å². The van der Waals surface area contributed by atoms with Gasteiger partial charge in [-0.05, 0) is 43.0 Å². The van der Waals surface area contributed by atoms with Crippen molar-refractivity contribution in [3.05, 3.63) is 46.2 Å². The highest BCUT2D eigenvalue weighted by atomic mass is 79.9. The summed E-state index contributed by atoms with van der Waals surface area (Å²) in [7, 11) is 0. The maximum atomic E-state index is 4.40. The van der Waals surface area contributed by atoms with Gasteiger partial charge in [0.2, 0.25) is 0 Å². The van der Waals surface area contributed by atoms with Crippen molar-refractivity contribution in [3.63, 3.8) is 0 Å². The molecule has 1 heterocycles. The minimum absolute atomic E-state index is 0.723. The first kappa shape index (κ1) is 11.9. The molecule has 1 aliphatic rings. The first-order valence-corrected chi connectivity index (χ1v) is 7.05. The van der Waals surface area contributed by atoms with Gasteiger partial charge in [-0.25, -0.2) is 4.68 Å². The molecule has 0 radical (unpaired) electrons. The normalized spacial score (nSPS) is 15.0. The van der Waals surface area contributed by atoms with Crippen LogP contribution in [-0.4, -0.2) is 15.8 Å². The standard InChI is InChI=1S/C14H16BrN3/c1-10-7-17-18(9-10)14-6-12(15)3-2-11(14)8-16-13-4-5-13/h2-3,6-7,9,13,16H,4-5,8H2,1H3.